The molecule has 2 aromatic rings. The van der Waals surface area contributed by atoms with E-state index in [0.717, 1.165) is 18.5 Å². The van der Waals surface area contributed by atoms with Crippen molar-refractivity contribution in [3.05, 3.63) is 54.0 Å². The van der Waals surface area contributed by atoms with Crippen LogP contribution in [0.2, 0.25) is 0 Å². The number of aryl methyl sites for hydroxylation is 1. The van der Waals surface area contributed by atoms with E-state index in [0.29, 0.717) is 5.76 Å². The van der Waals surface area contributed by atoms with Gasteiger partial charge in [0.15, 0.2) is 5.76 Å². The molecule has 0 aliphatic carbocycles. The Labute approximate surface area is 100 Å². The van der Waals surface area contributed by atoms with Crippen molar-refractivity contribution in [1.82, 2.24) is 0 Å². The Morgan fingerprint density at radius 3 is 2.59 bits per heavy atom. The summed E-state index contributed by atoms with van der Waals surface area (Å²) < 4.78 is 5.02. The zero-order valence-electron chi connectivity index (χ0n) is 9.77. The van der Waals surface area contributed by atoms with E-state index in [-0.39, 0.29) is 5.91 Å². The van der Waals surface area contributed by atoms with Gasteiger partial charge in [-0.05, 0) is 36.2 Å². The van der Waals surface area contributed by atoms with Crippen molar-refractivity contribution in [1.29, 1.82) is 0 Å². The summed E-state index contributed by atoms with van der Waals surface area (Å²) in [5.41, 5.74) is 2.06. The van der Waals surface area contributed by atoms with E-state index in [1.165, 1.54) is 11.8 Å². The van der Waals surface area contributed by atoms with Crippen LogP contribution in [0.5, 0.6) is 0 Å². The van der Waals surface area contributed by atoms with Gasteiger partial charge < -0.3 is 9.73 Å². The highest BCUT2D eigenvalue weighted by molar-refractivity contribution is 6.02. The van der Waals surface area contributed by atoms with Gasteiger partial charge in [0.05, 0.1) is 6.26 Å². The SMILES string of the molecule is CCCc1ccc(NC(=O)c2ccco2)cc1. The van der Waals surface area contributed by atoms with Crippen LogP contribution < -0.4 is 5.32 Å². The van der Waals surface area contributed by atoms with Crippen LogP contribution in [0.15, 0.2) is 47.1 Å². The zero-order valence-corrected chi connectivity index (χ0v) is 9.77. The predicted molar refractivity (Wildman–Crippen MR) is 67.1 cm³/mol. The van der Waals surface area contributed by atoms with Crippen molar-refractivity contribution in [2.75, 3.05) is 5.32 Å². The molecule has 2 rings (SSSR count). The fourth-order valence-corrected chi connectivity index (χ4v) is 1.64. The van der Waals surface area contributed by atoms with E-state index in [4.69, 9.17) is 4.42 Å². The van der Waals surface area contributed by atoms with E-state index in [9.17, 15) is 4.79 Å². The van der Waals surface area contributed by atoms with Gasteiger partial charge in [-0.2, -0.15) is 0 Å². The van der Waals surface area contributed by atoms with E-state index in [1.807, 2.05) is 24.3 Å². The van der Waals surface area contributed by atoms with Crippen LogP contribution in [0, 0.1) is 0 Å². The molecule has 17 heavy (non-hydrogen) atoms. The van der Waals surface area contributed by atoms with Gasteiger partial charge in [-0.15, -0.1) is 0 Å². The molecular weight excluding hydrogens is 214 g/mol. The average Bonchev–Trinajstić information content (AvgIpc) is 2.86. The Kier molecular flexibility index (Phi) is 3.60. The molecule has 0 saturated carbocycles. The minimum atomic E-state index is -0.224. The van der Waals surface area contributed by atoms with E-state index >= 15 is 0 Å². The van der Waals surface area contributed by atoms with Gasteiger partial charge in [0.1, 0.15) is 0 Å². The highest BCUT2D eigenvalue weighted by Crippen LogP contribution is 2.12. The van der Waals surface area contributed by atoms with E-state index in [1.54, 1.807) is 12.1 Å². The molecule has 1 aromatic heterocycles. The van der Waals surface area contributed by atoms with Crippen LogP contribution in [-0.4, -0.2) is 5.91 Å². The smallest absolute Gasteiger partial charge is 0.291 e. The summed E-state index contributed by atoms with van der Waals surface area (Å²) in [5.74, 6) is 0.0980. The lowest BCUT2D eigenvalue weighted by atomic mass is 10.1. The summed E-state index contributed by atoms with van der Waals surface area (Å²) in [6.07, 6.45) is 3.67. The van der Waals surface area contributed by atoms with Gasteiger partial charge in [-0.1, -0.05) is 25.5 Å². The maximum Gasteiger partial charge on any atom is 0.291 e. The number of rotatable bonds is 4. The van der Waals surface area contributed by atoms with Crippen molar-refractivity contribution in [2.24, 2.45) is 0 Å². The highest BCUT2D eigenvalue weighted by Gasteiger charge is 2.07. The van der Waals surface area contributed by atoms with Gasteiger partial charge in [-0.3, -0.25) is 4.79 Å². The molecule has 1 N–H and O–H groups in total. The normalized spacial score (nSPS) is 10.2. The molecule has 0 unspecified atom stereocenters. The first-order chi connectivity index (χ1) is 8.29. The number of nitrogens with one attached hydrogen (secondary N) is 1. The van der Waals surface area contributed by atoms with Crippen molar-refractivity contribution in [2.45, 2.75) is 19.8 Å². The third-order valence-electron chi connectivity index (χ3n) is 2.50. The predicted octanol–water partition coefficient (Wildman–Crippen LogP) is 3.48. The number of carbonyl (C=O) groups excluding carboxylic acids is 1. The van der Waals surface area contributed by atoms with Crippen molar-refractivity contribution in [3.63, 3.8) is 0 Å². The van der Waals surface area contributed by atoms with Crippen molar-refractivity contribution >= 4 is 11.6 Å². The third kappa shape index (κ3) is 2.97. The van der Waals surface area contributed by atoms with Crippen LogP contribution >= 0.6 is 0 Å². The van der Waals surface area contributed by atoms with Crippen molar-refractivity contribution < 1.29 is 9.21 Å². The lowest BCUT2D eigenvalue weighted by Crippen LogP contribution is -2.10. The summed E-state index contributed by atoms with van der Waals surface area (Å²) >= 11 is 0. The van der Waals surface area contributed by atoms with Crippen LogP contribution in [0.4, 0.5) is 5.69 Å². The molecule has 3 heteroatoms. The molecule has 0 saturated heterocycles. The monoisotopic (exact) mass is 229 g/mol. The quantitative estimate of drug-likeness (QED) is 0.872. The molecule has 0 bridgehead atoms. The van der Waals surface area contributed by atoms with Gasteiger partial charge in [0, 0.05) is 5.69 Å². The minimum absolute atomic E-state index is 0.224. The third-order valence-corrected chi connectivity index (χ3v) is 2.50. The molecule has 88 valence electrons. The summed E-state index contributed by atoms with van der Waals surface area (Å²) in [6.45, 7) is 2.15. The standard InChI is InChI=1S/C14H15NO2/c1-2-4-11-6-8-12(9-7-11)15-14(16)13-5-3-10-17-13/h3,5-10H,2,4H2,1H3,(H,15,16). The number of furan rings is 1. The Balaban J connectivity index is 2.01. The number of hydrogen-bond donors (Lipinski definition) is 1. The Morgan fingerprint density at radius 2 is 2.00 bits per heavy atom. The molecule has 0 aliphatic heterocycles. The van der Waals surface area contributed by atoms with E-state index < -0.39 is 0 Å². The fraction of sp³-hybridized carbons (Fsp3) is 0.214. The second-order valence-corrected chi connectivity index (χ2v) is 3.88. The number of amides is 1. The molecule has 0 fully saturated rings. The number of hydrogen-bond acceptors (Lipinski definition) is 2. The summed E-state index contributed by atoms with van der Waals surface area (Å²) in [4.78, 5) is 11.7. The van der Waals surface area contributed by atoms with Crippen LogP contribution in [0.1, 0.15) is 29.5 Å². The minimum Gasteiger partial charge on any atom is -0.459 e. The Morgan fingerprint density at radius 1 is 1.24 bits per heavy atom. The lowest BCUT2D eigenvalue weighted by Gasteiger charge is -2.04. The molecule has 1 amide bonds. The number of carbonyl (C=O) groups is 1. The van der Waals surface area contributed by atoms with Crippen LogP contribution in [0.25, 0.3) is 0 Å². The van der Waals surface area contributed by atoms with Crippen molar-refractivity contribution in [3.8, 4) is 0 Å². The lowest BCUT2D eigenvalue weighted by molar-refractivity contribution is 0.0996. The molecule has 0 atom stereocenters. The van der Waals surface area contributed by atoms with Gasteiger partial charge in [0.25, 0.3) is 5.91 Å². The zero-order chi connectivity index (χ0) is 12.1. The summed E-state index contributed by atoms with van der Waals surface area (Å²) in [5, 5.41) is 2.78. The van der Waals surface area contributed by atoms with E-state index in [2.05, 4.69) is 12.2 Å². The first-order valence-electron chi connectivity index (χ1n) is 5.73. The fourth-order valence-electron chi connectivity index (χ4n) is 1.64. The van der Waals surface area contributed by atoms with Crippen LogP contribution in [-0.2, 0) is 6.42 Å². The Hall–Kier alpha value is -2.03. The molecule has 3 nitrogen and oxygen atoms in total. The molecule has 0 aliphatic rings. The van der Waals surface area contributed by atoms with Gasteiger partial charge in [0.2, 0.25) is 0 Å². The maximum absolute atomic E-state index is 11.7. The second kappa shape index (κ2) is 5.34. The molecular formula is C14H15NO2. The molecule has 1 aromatic carbocycles. The topological polar surface area (TPSA) is 42.2 Å². The highest BCUT2D eigenvalue weighted by atomic mass is 16.3. The van der Waals surface area contributed by atoms with Crippen LogP contribution in [0.3, 0.4) is 0 Å². The second-order valence-electron chi connectivity index (χ2n) is 3.88. The summed E-state index contributed by atoms with van der Waals surface area (Å²) in [6, 6.07) is 11.2. The molecule has 0 spiro atoms. The first kappa shape index (κ1) is 11.5. The van der Waals surface area contributed by atoms with Gasteiger partial charge >= 0.3 is 0 Å². The molecule has 1 heterocycles. The largest absolute Gasteiger partial charge is 0.459 e. The average molecular weight is 229 g/mol. The van der Waals surface area contributed by atoms with Gasteiger partial charge in [-0.25, -0.2) is 0 Å². The summed E-state index contributed by atoms with van der Waals surface area (Å²) in [7, 11) is 0. The first-order valence-corrected chi connectivity index (χ1v) is 5.73. The Bertz CT molecular complexity index is 471. The molecule has 0 radical (unpaired) electrons. The number of benzene rings is 1. The number of anilines is 1. The maximum atomic E-state index is 11.7.